The molecule has 2 aromatic heterocycles. The summed E-state index contributed by atoms with van der Waals surface area (Å²) in [5, 5.41) is 14.4. The van der Waals surface area contributed by atoms with Gasteiger partial charge in [0.25, 0.3) is 0 Å². The van der Waals surface area contributed by atoms with Gasteiger partial charge in [0, 0.05) is 16.4 Å². The summed E-state index contributed by atoms with van der Waals surface area (Å²) in [6.07, 6.45) is 4.20. The molecule has 0 atom stereocenters. The fraction of sp³-hybridized carbons (Fsp3) is 0. The standard InChI is InChI=1S/C15H10BrN5O3/c16-10-3-1-4-11(7-10)20-14-13(21(22)23)15(19-9-18-14)24-12-5-2-6-17-8-12/h1-9H,(H,18,19,20). The fourth-order valence-electron chi connectivity index (χ4n) is 1.92. The number of nitro groups is 1. The predicted octanol–water partition coefficient (Wildman–Crippen LogP) is 4.08. The number of pyridine rings is 1. The number of anilines is 2. The molecule has 8 nitrogen and oxygen atoms in total. The number of benzene rings is 1. The van der Waals surface area contributed by atoms with E-state index >= 15 is 0 Å². The molecule has 0 aliphatic heterocycles. The summed E-state index contributed by atoms with van der Waals surface area (Å²) >= 11 is 3.34. The van der Waals surface area contributed by atoms with Gasteiger partial charge in [-0.05, 0) is 30.3 Å². The van der Waals surface area contributed by atoms with Gasteiger partial charge in [-0.1, -0.05) is 22.0 Å². The Morgan fingerprint density at radius 1 is 1.21 bits per heavy atom. The Labute approximate surface area is 144 Å². The summed E-state index contributed by atoms with van der Waals surface area (Å²) in [7, 11) is 0. The first-order chi connectivity index (χ1) is 11.6. The molecule has 0 saturated carbocycles. The van der Waals surface area contributed by atoms with Gasteiger partial charge in [-0.25, -0.2) is 4.98 Å². The van der Waals surface area contributed by atoms with Crippen LogP contribution in [0.15, 0.2) is 59.6 Å². The van der Waals surface area contributed by atoms with E-state index in [-0.39, 0.29) is 17.4 Å². The zero-order valence-electron chi connectivity index (χ0n) is 12.1. The van der Waals surface area contributed by atoms with Crippen molar-refractivity contribution < 1.29 is 9.66 Å². The molecule has 0 aliphatic rings. The minimum absolute atomic E-state index is 0.0343. The monoisotopic (exact) mass is 387 g/mol. The molecule has 3 aromatic rings. The third kappa shape index (κ3) is 3.63. The number of rotatable bonds is 5. The van der Waals surface area contributed by atoms with Crippen molar-refractivity contribution in [1.82, 2.24) is 15.0 Å². The van der Waals surface area contributed by atoms with E-state index in [4.69, 9.17) is 4.74 Å². The van der Waals surface area contributed by atoms with Gasteiger partial charge >= 0.3 is 11.6 Å². The number of halogens is 1. The van der Waals surface area contributed by atoms with E-state index < -0.39 is 4.92 Å². The number of aromatic nitrogens is 3. The molecule has 9 heteroatoms. The van der Waals surface area contributed by atoms with E-state index in [1.165, 1.54) is 12.5 Å². The molecular weight excluding hydrogens is 378 g/mol. The van der Waals surface area contributed by atoms with E-state index in [0.717, 1.165) is 4.47 Å². The summed E-state index contributed by atoms with van der Waals surface area (Å²) < 4.78 is 6.30. The molecule has 0 radical (unpaired) electrons. The Bertz CT molecular complexity index is 876. The highest BCUT2D eigenvalue weighted by atomic mass is 79.9. The normalized spacial score (nSPS) is 10.2. The zero-order chi connectivity index (χ0) is 16.9. The molecule has 1 aromatic carbocycles. The lowest BCUT2D eigenvalue weighted by molar-refractivity contribution is -0.385. The molecule has 0 spiro atoms. The highest BCUT2D eigenvalue weighted by molar-refractivity contribution is 9.10. The van der Waals surface area contributed by atoms with Crippen LogP contribution in [0.2, 0.25) is 0 Å². The molecule has 0 unspecified atom stereocenters. The maximum absolute atomic E-state index is 11.5. The maximum Gasteiger partial charge on any atom is 0.373 e. The van der Waals surface area contributed by atoms with Crippen molar-refractivity contribution in [3.05, 3.63) is 69.7 Å². The van der Waals surface area contributed by atoms with Gasteiger partial charge in [-0.15, -0.1) is 0 Å². The topological polar surface area (TPSA) is 103 Å². The van der Waals surface area contributed by atoms with Crippen molar-refractivity contribution >= 4 is 33.1 Å². The molecular formula is C15H10BrN5O3. The number of nitrogens with zero attached hydrogens (tertiary/aromatic N) is 4. The van der Waals surface area contributed by atoms with Crippen LogP contribution in [0.5, 0.6) is 11.6 Å². The van der Waals surface area contributed by atoms with E-state index in [2.05, 4.69) is 36.2 Å². The van der Waals surface area contributed by atoms with Crippen molar-refractivity contribution in [1.29, 1.82) is 0 Å². The Kier molecular flexibility index (Phi) is 4.62. The van der Waals surface area contributed by atoms with Gasteiger partial charge in [-0.2, -0.15) is 4.98 Å². The first kappa shape index (κ1) is 15.8. The van der Waals surface area contributed by atoms with Crippen LogP contribution in [-0.4, -0.2) is 19.9 Å². The smallest absolute Gasteiger partial charge is 0.373 e. The van der Waals surface area contributed by atoms with Crippen LogP contribution in [0.3, 0.4) is 0 Å². The molecule has 24 heavy (non-hydrogen) atoms. The molecule has 3 rings (SSSR count). The van der Waals surface area contributed by atoms with E-state index in [1.807, 2.05) is 6.07 Å². The maximum atomic E-state index is 11.5. The fourth-order valence-corrected chi connectivity index (χ4v) is 2.31. The molecule has 1 N–H and O–H groups in total. The lowest BCUT2D eigenvalue weighted by Crippen LogP contribution is -2.03. The third-order valence-electron chi connectivity index (χ3n) is 2.91. The first-order valence-corrected chi connectivity index (χ1v) is 7.52. The SMILES string of the molecule is O=[N+]([O-])c1c(Nc2cccc(Br)c2)ncnc1Oc1cccnc1. The third-order valence-corrected chi connectivity index (χ3v) is 3.40. The summed E-state index contributed by atoms with van der Waals surface area (Å²) in [5.74, 6) is 0.209. The highest BCUT2D eigenvalue weighted by Crippen LogP contribution is 2.35. The Balaban J connectivity index is 1.97. The summed E-state index contributed by atoms with van der Waals surface area (Å²) in [4.78, 5) is 22.6. The molecule has 0 bridgehead atoms. The van der Waals surface area contributed by atoms with Crippen molar-refractivity contribution in [2.75, 3.05) is 5.32 Å². The summed E-state index contributed by atoms with van der Waals surface area (Å²) in [6.45, 7) is 0. The lowest BCUT2D eigenvalue weighted by atomic mass is 10.3. The van der Waals surface area contributed by atoms with Crippen molar-refractivity contribution in [3.63, 3.8) is 0 Å². The quantitative estimate of drug-likeness (QED) is 0.519. The molecule has 0 saturated heterocycles. The van der Waals surface area contributed by atoms with Crippen molar-refractivity contribution in [3.8, 4) is 11.6 Å². The van der Waals surface area contributed by atoms with Crippen LogP contribution in [0.25, 0.3) is 0 Å². The average Bonchev–Trinajstić information content (AvgIpc) is 2.56. The van der Waals surface area contributed by atoms with Crippen LogP contribution in [-0.2, 0) is 0 Å². The van der Waals surface area contributed by atoms with E-state index in [9.17, 15) is 10.1 Å². The van der Waals surface area contributed by atoms with Gasteiger partial charge in [0.2, 0.25) is 5.82 Å². The Morgan fingerprint density at radius 3 is 2.79 bits per heavy atom. The van der Waals surface area contributed by atoms with E-state index in [1.54, 1.807) is 36.5 Å². The highest BCUT2D eigenvalue weighted by Gasteiger charge is 2.25. The number of ether oxygens (including phenoxy) is 1. The number of nitrogens with one attached hydrogen (secondary N) is 1. The van der Waals surface area contributed by atoms with Crippen LogP contribution in [0, 0.1) is 10.1 Å². The van der Waals surface area contributed by atoms with Gasteiger partial charge in [0.15, 0.2) is 0 Å². The average molecular weight is 388 g/mol. The second kappa shape index (κ2) is 7.01. The van der Waals surface area contributed by atoms with Crippen LogP contribution < -0.4 is 10.1 Å². The van der Waals surface area contributed by atoms with Crippen LogP contribution >= 0.6 is 15.9 Å². The second-order valence-corrected chi connectivity index (χ2v) is 5.47. The largest absolute Gasteiger partial charge is 0.432 e. The summed E-state index contributed by atoms with van der Waals surface area (Å²) in [6, 6.07) is 10.5. The minimum atomic E-state index is -0.591. The predicted molar refractivity (Wildman–Crippen MR) is 90.4 cm³/mol. The van der Waals surface area contributed by atoms with Gasteiger partial charge in [-0.3, -0.25) is 15.1 Å². The molecule has 0 fully saturated rings. The first-order valence-electron chi connectivity index (χ1n) is 6.73. The van der Waals surface area contributed by atoms with Crippen molar-refractivity contribution in [2.45, 2.75) is 0 Å². The molecule has 0 amide bonds. The van der Waals surface area contributed by atoms with E-state index in [0.29, 0.717) is 11.4 Å². The number of hydrogen-bond donors (Lipinski definition) is 1. The van der Waals surface area contributed by atoms with Gasteiger partial charge in [0.1, 0.15) is 12.1 Å². The van der Waals surface area contributed by atoms with Crippen LogP contribution in [0.4, 0.5) is 17.2 Å². The molecule has 120 valence electrons. The summed E-state index contributed by atoms with van der Waals surface area (Å²) in [5.41, 5.74) is 0.278. The minimum Gasteiger partial charge on any atom is -0.432 e. The van der Waals surface area contributed by atoms with Crippen LogP contribution in [0.1, 0.15) is 0 Å². The van der Waals surface area contributed by atoms with Crippen molar-refractivity contribution in [2.24, 2.45) is 0 Å². The number of hydrogen-bond acceptors (Lipinski definition) is 7. The second-order valence-electron chi connectivity index (χ2n) is 4.56. The van der Waals surface area contributed by atoms with Gasteiger partial charge in [0.05, 0.1) is 11.1 Å². The van der Waals surface area contributed by atoms with Gasteiger partial charge < -0.3 is 10.1 Å². The lowest BCUT2D eigenvalue weighted by Gasteiger charge is -2.09. The molecule has 2 heterocycles. The molecule has 0 aliphatic carbocycles. The Hall–Kier alpha value is -3.07. The Morgan fingerprint density at radius 2 is 2.08 bits per heavy atom. The zero-order valence-corrected chi connectivity index (χ0v) is 13.7.